The van der Waals surface area contributed by atoms with Crippen LogP contribution in [-0.2, 0) is 20.9 Å². The van der Waals surface area contributed by atoms with E-state index in [9.17, 15) is 14.7 Å². The zero-order chi connectivity index (χ0) is 15.7. The van der Waals surface area contributed by atoms with Crippen molar-refractivity contribution >= 4 is 11.9 Å². The minimum Gasteiger partial charge on any atom is -0.468 e. The number of esters is 1. The molecule has 0 heterocycles. The Kier molecular flexibility index (Phi) is 4.05. The van der Waals surface area contributed by atoms with Crippen LogP contribution in [-0.4, -0.2) is 29.7 Å². The number of carbonyl (C=O) groups excluding carboxylic acids is 2. The molecule has 1 fully saturated rings. The molecule has 2 unspecified atom stereocenters. The normalized spacial score (nSPS) is 24.3. The molecule has 0 bridgehead atoms. The summed E-state index contributed by atoms with van der Waals surface area (Å²) >= 11 is 0. The zero-order valence-electron chi connectivity index (χ0n) is 12.6. The highest BCUT2D eigenvalue weighted by Gasteiger charge is 2.70. The molecule has 1 aliphatic carbocycles. The highest BCUT2D eigenvalue weighted by atomic mass is 16.5. The second-order valence-electron chi connectivity index (χ2n) is 6.04. The average molecular weight is 291 g/mol. The van der Waals surface area contributed by atoms with Gasteiger partial charge in [-0.15, -0.1) is 0 Å². The summed E-state index contributed by atoms with van der Waals surface area (Å²) in [7, 11) is 1.26. The monoisotopic (exact) mass is 291 g/mol. The predicted octanol–water partition coefficient (Wildman–Crippen LogP) is 1.25. The molecule has 1 aliphatic rings. The van der Waals surface area contributed by atoms with E-state index in [0.29, 0.717) is 13.0 Å². The van der Waals surface area contributed by atoms with Crippen LogP contribution >= 0.6 is 0 Å². The lowest BCUT2D eigenvalue weighted by atomic mass is 9.92. The first-order valence-corrected chi connectivity index (χ1v) is 6.95. The van der Waals surface area contributed by atoms with Gasteiger partial charge in [0.2, 0.25) is 5.91 Å². The van der Waals surface area contributed by atoms with Crippen molar-refractivity contribution in [2.45, 2.75) is 32.4 Å². The maximum Gasteiger partial charge on any atom is 0.321 e. The molecule has 0 spiro atoms. The van der Waals surface area contributed by atoms with E-state index in [2.05, 4.69) is 5.32 Å². The van der Waals surface area contributed by atoms with E-state index in [0.717, 1.165) is 5.56 Å². The Balaban J connectivity index is 2.09. The number of rotatable bonds is 5. The summed E-state index contributed by atoms with van der Waals surface area (Å²) in [5, 5.41) is 12.9. The van der Waals surface area contributed by atoms with E-state index in [1.807, 2.05) is 30.3 Å². The van der Waals surface area contributed by atoms with Gasteiger partial charge >= 0.3 is 5.97 Å². The zero-order valence-corrected chi connectivity index (χ0v) is 12.6. The molecule has 114 valence electrons. The molecule has 2 atom stereocenters. The van der Waals surface area contributed by atoms with Crippen molar-refractivity contribution in [1.82, 2.24) is 5.32 Å². The number of methoxy groups -OCH3 is 1. The molecule has 2 N–H and O–H groups in total. The lowest BCUT2D eigenvalue weighted by molar-refractivity contribution is -0.154. The lowest BCUT2D eigenvalue weighted by Crippen LogP contribution is -2.42. The Bertz CT molecular complexity index is 535. The molecule has 1 aromatic carbocycles. The van der Waals surface area contributed by atoms with Crippen LogP contribution in [0.1, 0.15) is 25.8 Å². The number of nitrogens with one attached hydrogen (secondary N) is 1. The molecule has 5 nitrogen and oxygen atoms in total. The van der Waals surface area contributed by atoms with Gasteiger partial charge in [-0.1, -0.05) is 30.3 Å². The Morgan fingerprint density at radius 3 is 2.48 bits per heavy atom. The van der Waals surface area contributed by atoms with Gasteiger partial charge in [0, 0.05) is 12.5 Å². The summed E-state index contributed by atoms with van der Waals surface area (Å²) in [6.45, 7) is 3.55. The topological polar surface area (TPSA) is 75.6 Å². The summed E-state index contributed by atoms with van der Waals surface area (Å²) in [6, 6.07) is 9.45. The minimum atomic E-state index is -1.26. The fraction of sp³-hybridized carbons (Fsp3) is 0.500. The van der Waals surface area contributed by atoms with Gasteiger partial charge in [-0.3, -0.25) is 9.59 Å². The van der Waals surface area contributed by atoms with Gasteiger partial charge in [-0.2, -0.15) is 0 Å². The molecule has 0 aliphatic heterocycles. The third-order valence-electron chi connectivity index (χ3n) is 4.06. The van der Waals surface area contributed by atoms with Gasteiger partial charge in [0.05, 0.1) is 12.7 Å². The Morgan fingerprint density at radius 2 is 2.00 bits per heavy atom. The van der Waals surface area contributed by atoms with Crippen molar-refractivity contribution in [3.05, 3.63) is 35.9 Å². The van der Waals surface area contributed by atoms with Crippen LogP contribution in [0.15, 0.2) is 30.3 Å². The third kappa shape index (κ3) is 2.93. The van der Waals surface area contributed by atoms with E-state index in [1.165, 1.54) is 7.11 Å². The number of carbonyl (C=O) groups is 2. The van der Waals surface area contributed by atoms with Crippen molar-refractivity contribution in [3.63, 3.8) is 0 Å². The van der Waals surface area contributed by atoms with Crippen LogP contribution in [0.5, 0.6) is 0 Å². The quantitative estimate of drug-likeness (QED) is 0.632. The second-order valence-corrected chi connectivity index (χ2v) is 6.04. The van der Waals surface area contributed by atoms with Crippen LogP contribution in [0.25, 0.3) is 0 Å². The van der Waals surface area contributed by atoms with Gasteiger partial charge in [0.25, 0.3) is 0 Å². The Labute approximate surface area is 124 Å². The molecule has 0 radical (unpaired) electrons. The second kappa shape index (κ2) is 5.48. The van der Waals surface area contributed by atoms with Gasteiger partial charge in [0.15, 0.2) is 5.41 Å². The van der Waals surface area contributed by atoms with Crippen molar-refractivity contribution in [2.75, 3.05) is 7.11 Å². The predicted molar refractivity (Wildman–Crippen MR) is 77.1 cm³/mol. The molecular weight excluding hydrogens is 270 g/mol. The maximum absolute atomic E-state index is 12.4. The molecule has 1 saturated carbocycles. The molecule has 1 aromatic rings. The number of hydrogen-bond donors (Lipinski definition) is 2. The fourth-order valence-electron chi connectivity index (χ4n) is 2.80. The molecule has 21 heavy (non-hydrogen) atoms. The average Bonchev–Trinajstić information content (AvgIpc) is 3.22. The highest BCUT2D eigenvalue weighted by molar-refractivity contribution is 6.06. The number of amides is 1. The number of aliphatic hydroxyl groups is 1. The summed E-state index contributed by atoms with van der Waals surface area (Å²) in [5.41, 5.74) is -1.41. The van der Waals surface area contributed by atoms with Crippen molar-refractivity contribution < 1.29 is 19.4 Å². The van der Waals surface area contributed by atoms with Crippen LogP contribution in [0.3, 0.4) is 0 Å². The molecular formula is C16H21NO4. The van der Waals surface area contributed by atoms with E-state index in [-0.39, 0.29) is 5.91 Å². The van der Waals surface area contributed by atoms with Crippen LogP contribution in [0, 0.1) is 11.3 Å². The maximum atomic E-state index is 12.4. The summed E-state index contributed by atoms with van der Waals surface area (Å²) in [5.74, 6) is -1.39. The third-order valence-corrected chi connectivity index (χ3v) is 4.06. The van der Waals surface area contributed by atoms with Gasteiger partial charge in [0.1, 0.15) is 0 Å². The summed E-state index contributed by atoms with van der Waals surface area (Å²) < 4.78 is 4.77. The summed E-state index contributed by atoms with van der Waals surface area (Å²) in [6.07, 6.45) is 0.309. The van der Waals surface area contributed by atoms with Crippen molar-refractivity contribution in [2.24, 2.45) is 11.3 Å². The number of benzene rings is 1. The van der Waals surface area contributed by atoms with Gasteiger partial charge in [-0.25, -0.2) is 0 Å². The SMILES string of the molecule is COC(=O)C1(C(=O)NCc2ccccc2)CC1C(C)(C)O. The van der Waals surface area contributed by atoms with E-state index in [4.69, 9.17) is 4.74 Å². The van der Waals surface area contributed by atoms with Crippen LogP contribution in [0.4, 0.5) is 0 Å². The molecule has 1 amide bonds. The molecule has 5 heteroatoms. The number of hydrogen-bond acceptors (Lipinski definition) is 4. The van der Waals surface area contributed by atoms with Crippen molar-refractivity contribution in [3.8, 4) is 0 Å². The van der Waals surface area contributed by atoms with E-state index >= 15 is 0 Å². The first-order valence-electron chi connectivity index (χ1n) is 6.95. The standard InChI is InChI=1S/C16H21NO4/c1-15(2,20)12-9-16(12,14(19)21-3)13(18)17-10-11-7-5-4-6-8-11/h4-8,12,20H,9-10H2,1-3H3,(H,17,18). The van der Waals surface area contributed by atoms with Gasteiger partial charge < -0.3 is 15.2 Å². The van der Waals surface area contributed by atoms with E-state index in [1.54, 1.807) is 13.8 Å². The van der Waals surface area contributed by atoms with E-state index < -0.39 is 22.9 Å². The molecule has 0 aromatic heterocycles. The molecule has 2 rings (SSSR count). The van der Waals surface area contributed by atoms with Crippen LogP contribution < -0.4 is 5.32 Å². The fourth-order valence-corrected chi connectivity index (χ4v) is 2.80. The Hall–Kier alpha value is -1.88. The molecule has 0 saturated heterocycles. The van der Waals surface area contributed by atoms with Crippen molar-refractivity contribution in [1.29, 1.82) is 0 Å². The lowest BCUT2D eigenvalue weighted by Gasteiger charge is -2.22. The van der Waals surface area contributed by atoms with Crippen LogP contribution in [0.2, 0.25) is 0 Å². The largest absolute Gasteiger partial charge is 0.468 e. The first kappa shape index (κ1) is 15.5. The van der Waals surface area contributed by atoms with Gasteiger partial charge in [-0.05, 0) is 25.8 Å². The Morgan fingerprint density at radius 1 is 1.38 bits per heavy atom. The highest BCUT2D eigenvalue weighted by Crippen LogP contribution is 2.58. The number of ether oxygens (including phenoxy) is 1. The smallest absolute Gasteiger partial charge is 0.321 e. The minimum absolute atomic E-state index is 0.309. The summed E-state index contributed by atoms with van der Waals surface area (Å²) in [4.78, 5) is 24.4. The first-order chi connectivity index (χ1) is 9.82.